The van der Waals surface area contributed by atoms with Crippen LogP contribution in [0.3, 0.4) is 0 Å². The number of carboxylic acids is 1. The van der Waals surface area contributed by atoms with E-state index in [4.69, 9.17) is 15.9 Å². The van der Waals surface area contributed by atoms with Crippen LogP contribution in [0.25, 0.3) is 0 Å². The minimum Gasteiger partial charge on any atom is -0.481 e. The average Bonchev–Trinajstić information content (AvgIpc) is 2.22. The first-order valence-corrected chi connectivity index (χ1v) is 4.79. The van der Waals surface area contributed by atoms with E-state index < -0.39 is 30.1 Å². The Morgan fingerprint density at radius 2 is 2.06 bits per heavy atom. The van der Waals surface area contributed by atoms with E-state index in [0.29, 0.717) is 6.29 Å². The van der Waals surface area contributed by atoms with Crippen LogP contribution in [0, 0.1) is 0 Å². The molecule has 7 heteroatoms. The summed E-state index contributed by atoms with van der Waals surface area (Å²) < 4.78 is 0. The Kier molecular flexibility index (Phi) is 6.28. The molecule has 0 bridgehead atoms. The zero-order chi connectivity index (χ0) is 12.7. The lowest BCUT2D eigenvalue weighted by atomic mass is 10.1. The van der Waals surface area contributed by atoms with E-state index in [2.05, 4.69) is 5.32 Å². The van der Waals surface area contributed by atoms with Gasteiger partial charge in [0.25, 0.3) is 0 Å². The largest absolute Gasteiger partial charge is 0.481 e. The lowest BCUT2D eigenvalue weighted by molar-refractivity contribution is -0.137. The highest BCUT2D eigenvalue weighted by atomic mass is 16.4. The molecule has 92 valence electrons. The number of hydrogen-bond acceptors (Lipinski definition) is 5. The third-order valence-electron chi connectivity index (χ3n) is 1.98. The van der Waals surface area contributed by atoms with Crippen LogP contribution >= 0.6 is 0 Å². The molecule has 7 nitrogen and oxygen atoms in total. The Labute approximate surface area is 92.6 Å². The van der Waals surface area contributed by atoms with Crippen molar-refractivity contribution in [3.8, 4) is 0 Å². The number of aliphatic hydroxyl groups excluding tert-OH is 1. The van der Waals surface area contributed by atoms with E-state index in [9.17, 15) is 14.4 Å². The van der Waals surface area contributed by atoms with Crippen molar-refractivity contribution in [1.29, 1.82) is 0 Å². The first-order chi connectivity index (χ1) is 7.38. The lowest BCUT2D eigenvalue weighted by Crippen LogP contribution is -2.50. The van der Waals surface area contributed by atoms with Gasteiger partial charge in [-0.2, -0.15) is 0 Å². The van der Waals surface area contributed by atoms with Gasteiger partial charge in [0.2, 0.25) is 5.91 Å². The van der Waals surface area contributed by atoms with Gasteiger partial charge in [0.1, 0.15) is 12.3 Å². The molecule has 0 aromatic rings. The normalized spacial score (nSPS) is 15.9. The van der Waals surface area contributed by atoms with Gasteiger partial charge in [-0.3, -0.25) is 9.59 Å². The first-order valence-electron chi connectivity index (χ1n) is 4.79. The highest BCUT2D eigenvalue weighted by Crippen LogP contribution is 1.97. The molecule has 0 saturated heterocycles. The van der Waals surface area contributed by atoms with Crippen LogP contribution in [0.1, 0.15) is 19.8 Å². The number of hydrogen-bond donors (Lipinski definition) is 4. The average molecular weight is 232 g/mol. The molecule has 5 N–H and O–H groups in total. The zero-order valence-corrected chi connectivity index (χ0v) is 8.92. The third-order valence-corrected chi connectivity index (χ3v) is 1.98. The first kappa shape index (κ1) is 14.5. The van der Waals surface area contributed by atoms with Crippen LogP contribution in [0.5, 0.6) is 0 Å². The summed E-state index contributed by atoms with van der Waals surface area (Å²) in [5, 5.41) is 19.7. The van der Waals surface area contributed by atoms with Gasteiger partial charge in [-0.1, -0.05) is 0 Å². The van der Waals surface area contributed by atoms with Crippen LogP contribution in [-0.2, 0) is 14.4 Å². The van der Waals surface area contributed by atoms with Crippen molar-refractivity contribution < 1.29 is 24.6 Å². The van der Waals surface area contributed by atoms with Gasteiger partial charge in [-0.05, 0) is 13.3 Å². The lowest BCUT2D eigenvalue weighted by Gasteiger charge is -2.17. The van der Waals surface area contributed by atoms with Crippen molar-refractivity contribution in [1.82, 2.24) is 5.32 Å². The number of aldehydes is 1. The summed E-state index contributed by atoms with van der Waals surface area (Å²) in [5.41, 5.74) is 5.32. The Bertz CT molecular complexity index is 267. The van der Waals surface area contributed by atoms with Crippen molar-refractivity contribution in [3.63, 3.8) is 0 Å². The smallest absolute Gasteiger partial charge is 0.303 e. The third kappa shape index (κ3) is 5.42. The summed E-state index contributed by atoms with van der Waals surface area (Å²) in [6.45, 7) is 1.34. The molecule has 0 unspecified atom stereocenters. The van der Waals surface area contributed by atoms with Crippen LogP contribution in [-0.4, -0.2) is 46.6 Å². The van der Waals surface area contributed by atoms with Gasteiger partial charge >= 0.3 is 5.97 Å². The van der Waals surface area contributed by atoms with E-state index >= 15 is 0 Å². The molecule has 0 saturated carbocycles. The van der Waals surface area contributed by atoms with E-state index in [1.807, 2.05) is 0 Å². The molecule has 0 aromatic carbocycles. The highest BCUT2D eigenvalue weighted by Gasteiger charge is 2.21. The molecule has 0 aliphatic carbocycles. The second kappa shape index (κ2) is 6.91. The number of carbonyl (C=O) groups is 3. The molecule has 1 amide bonds. The van der Waals surface area contributed by atoms with Crippen molar-refractivity contribution in [2.24, 2.45) is 5.73 Å². The molecule has 0 aromatic heterocycles. The molecule has 0 heterocycles. The second-order valence-electron chi connectivity index (χ2n) is 3.45. The maximum atomic E-state index is 11.3. The molecule has 3 atom stereocenters. The minimum atomic E-state index is -1.13. The Hall–Kier alpha value is -1.47. The number of carbonyl (C=O) groups excluding carboxylic acids is 2. The molecule has 0 spiro atoms. The van der Waals surface area contributed by atoms with E-state index in [0.717, 1.165) is 0 Å². The Morgan fingerprint density at radius 1 is 1.50 bits per heavy atom. The Morgan fingerprint density at radius 3 is 2.44 bits per heavy atom. The van der Waals surface area contributed by atoms with E-state index in [-0.39, 0.29) is 12.8 Å². The molecule has 0 fully saturated rings. The predicted octanol–water partition coefficient (Wildman–Crippen LogP) is -1.76. The van der Waals surface area contributed by atoms with Crippen molar-refractivity contribution in [3.05, 3.63) is 0 Å². The van der Waals surface area contributed by atoms with Crippen LogP contribution in [0.4, 0.5) is 0 Å². The summed E-state index contributed by atoms with van der Waals surface area (Å²) in [4.78, 5) is 32.1. The van der Waals surface area contributed by atoms with Gasteiger partial charge in [-0.15, -0.1) is 0 Å². The molecule has 0 radical (unpaired) electrons. The number of carboxylic acid groups (broad SMARTS) is 1. The van der Waals surface area contributed by atoms with E-state index in [1.165, 1.54) is 6.92 Å². The topological polar surface area (TPSA) is 130 Å². The van der Waals surface area contributed by atoms with Gasteiger partial charge in [-0.25, -0.2) is 0 Å². The van der Waals surface area contributed by atoms with Crippen molar-refractivity contribution in [2.45, 2.75) is 38.0 Å². The van der Waals surface area contributed by atoms with Gasteiger partial charge in [0, 0.05) is 6.42 Å². The standard InChI is InChI=1S/C9H16N2O5/c1-5(13)8(10)9(16)11-6(4-12)2-3-7(14)15/h4-6,8,13H,2-3,10H2,1H3,(H,11,16)(H,14,15)/t5-,6+,8+/m1/s1. The zero-order valence-electron chi connectivity index (χ0n) is 8.92. The summed E-state index contributed by atoms with van der Waals surface area (Å²) in [6.07, 6.45) is -0.827. The van der Waals surface area contributed by atoms with Crippen LogP contribution < -0.4 is 11.1 Å². The molecule has 0 rings (SSSR count). The van der Waals surface area contributed by atoms with Crippen molar-refractivity contribution >= 4 is 18.2 Å². The molecular weight excluding hydrogens is 216 g/mol. The number of aliphatic carboxylic acids is 1. The predicted molar refractivity (Wildman–Crippen MR) is 54.5 cm³/mol. The summed E-state index contributed by atoms with van der Waals surface area (Å²) in [7, 11) is 0. The number of rotatable bonds is 7. The van der Waals surface area contributed by atoms with Gasteiger partial charge in [0.15, 0.2) is 0 Å². The second-order valence-corrected chi connectivity index (χ2v) is 3.45. The maximum Gasteiger partial charge on any atom is 0.303 e. The fourth-order valence-electron chi connectivity index (χ4n) is 0.951. The molecule has 0 aliphatic heterocycles. The maximum absolute atomic E-state index is 11.3. The fourth-order valence-corrected chi connectivity index (χ4v) is 0.951. The molecular formula is C9H16N2O5. The number of nitrogens with two attached hydrogens (primary N) is 1. The number of aliphatic hydroxyl groups is 1. The summed E-state index contributed by atoms with van der Waals surface area (Å²) in [5.74, 6) is -1.74. The van der Waals surface area contributed by atoms with Crippen LogP contribution in [0.15, 0.2) is 0 Å². The quantitative estimate of drug-likeness (QED) is 0.385. The highest BCUT2D eigenvalue weighted by molar-refractivity contribution is 5.84. The van der Waals surface area contributed by atoms with Crippen molar-refractivity contribution in [2.75, 3.05) is 0 Å². The number of amides is 1. The number of nitrogens with one attached hydrogen (secondary N) is 1. The summed E-state index contributed by atoms with van der Waals surface area (Å²) >= 11 is 0. The summed E-state index contributed by atoms with van der Waals surface area (Å²) in [6, 6.07) is -2.03. The van der Waals surface area contributed by atoms with Crippen LogP contribution in [0.2, 0.25) is 0 Å². The van der Waals surface area contributed by atoms with Gasteiger partial charge in [0.05, 0.1) is 12.1 Å². The molecule has 16 heavy (non-hydrogen) atoms. The fraction of sp³-hybridized carbons (Fsp3) is 0.667. The SMILES string of the molecule is C[C@@H](O)[C@H](N)C(=O)N[C@H](C=O)CCC(=O)O. The van der Waals surface area contributed by atoms with E-state index in [1.54, 1.807) is 0 Å². The minimum absolute atomic E-state index is 0.00287. The Balaban J connectivity index is 4.16. The monoisotopic (exact) mass is 232 g/mol. The molecule has 0 aliphatic rings. The van der Waals surface area contributed by atoms with Gasteiger partial charge < -0.3 is 26.1 Å².